The summed E-state index contributed by atoms with van der Waals surface area (Å²) in [6.07, 6.45) is 1.08. The number of carbonyl (C=O) groups is 3. The standard InChI is InChI=1S/C30H34ClN3O8/c1-18(35)41-17-30(2,3)16-34-23-10-9-20(31)13-22(23)26(21-7-6-8-24(39-4)27(21)40-5)42-25(28(34)36)11-12-33-15-19(14-32-33)29(37)38/h6-10,13-15,25-26H,11-12,16-17H2,1-5H3,(H,37,38)/t25-,26-/m1/s1. The Morgan fingerprint density at radius 1 is 1.14 bits per heavy atom. The highest BCUT2D eigenvalue weighted by Gasteiger charge is 2.40. The lowest BCUT2D eigenvalue weighted by Crippen LogP contribution is -2.46. The Labute approximate surface area is 248 Å². The molecule has 0 saturated carbocycles. The summed E-state index contributed by atoms with van der Waals surface area (Å²) in [5, 5.41) is 13.9. The molecule has 0 aliphatic carbocycles. The third kappa shape index (κ3) is 6.85. The smallest absolute Gasteiger partial charge is 0.338 e. The summed E-state index contributed by atoms with van der Waals surface area (Å²) in [6.45, 7) is 5.66. The Morgan fingerprint density at radius 3 is 2.55 bits per heavy atom. The third-order valence-corrected chi connectivity index (χ3v) is 7.11. The summed E-state index contributed by atoms with van der Waals surface area (Å²) in [5.41, 5.74) is 1.28. The highest BCUT2D eigenvalue weighted by atomic mass is 35.5. The largest absolute Gasteiger partial charge is 0.493 e. The van der Waals surface area contributed by atoms with Crippen molar-refractivity contribution < 1.29 is 38.4 Å². The van der Waals surface area contributed by atoms with E-state index < -0.39 is 29.6 Å². The van der Waals surface area contributed by atoms with Crippen LogP contribution in [0.5, 0.6) is 11.5 Å². The third-order valence-electron chi connectivity index (χ3n) is 6.87. The first kappa shape index (κ1) is 30.9. The summed E-state index contributed by atoms with van der Waals surface area (Å²) in [4.78, 5) is 38.8. The molecule has 224 valence electrons. The van der Waals surface area contributed by atoms with Crippen LogP contribution in [0.1, 0.15) is 54.8 Å². The van der Waals surface area contributed by atoms with Gasteiger partial charge in [-0.15, -0.1) is 0 Å². The molecule has 1 amide bonds. The minimum atomic E-state index is -1.10. The Balaban J connectivity index is 1.81. The molecule has 1 N–H and O–H groups in total. The van der Waals surface area contributed by atoms with Crippen molar-refractivity contribution in [2.24, 2.45) is 5.41 Å². The Hall–Kier alpha value is -4.09. The number of aromatic carboxylic acids is 1. The van der Waals surface area contributed by atoms with Gasteiger partial charge in [-0.25, -0.2) is 4.79 Å². The first-order valence-electron chi connectivity index (χ1n) is 13.3. The number of rotatable bonds is 11. The lowest BCUT2D eigenvalue weighted by Gasteiger charge is -2.33. The quantitative estimate of drug-likeness (QED) is 0.310. The fourth-order valence-electron chi connectivity index (χ4n) is 4.90. The fraction of sp³-hybridized carbons (Fsp3) is 0.400. The predicted molar refractivity (Wildman–Crippen MR) is 154 cm³/mol. The van der Waals surface area contributed by atoms with Crippen LogP contribution >= 0.6 is 11.6 Å². The Morgan fingerprint density at radius 2 is 1.90 bits per heavy atom. The van der Waals surface area contributed by atoms with Crippen LogP contribution in [-0.4, -0.2) is 66.2 Å². The zero-order valence-corrected chi connectivity index (χ0v) is 24.9. The maximum absolute atomic E-state index is 14.3. The SMILES string of the molecule is COc1cccc([C@H]2O[C@H](CCn3cc(C(=O)O)cn3)C(=O)N(CC(C)(C)COC(C)=O)c3ccc(Cl)cc32)c1OC. The summed E-state index contributed by atoms with van der Waals surface area (Å²) in [7, 11) is 3.07. The topological polar surface area (TPSA) is 129 Å². The molecular formula is C30H34ClN3O8. The van der Waals surface area contributed by atoms with Gasteiger partial charge in [0.05, 0.1) is 32.6 Å². The van der Waals surface area contributed by atoms with E-state index in [-0.39, 0.29) is 37.6 Å². The van der Waals surface area contributed by atoms with E-state index in [1.807, 2.05) is 26.0 Å². The van der Waals surface area contributed by atoms with Crippen LogP contribution in [0.3, 0.4) is 0 Å². The first-order chi connectivity index (χ1) is 19.9. The van der Waals surface area contributed by atoms with Gasteiger partial charge in [-0.05, 0) is 24.3 Å². The second-order valence-corrected chi connectivity index (χ2v) is 11.2. The normalized spacial score (nSPS) is 16.9. The number of para-hydroxylation sites is 1. The van der Waals surface area contributed by atoms with Gasteiger partial charge >= 0.3 is 11.9 Å². The van der Waals surface area contributed by atoms with Crippen LogP contribution in [0.2, 0.25) is 5.02 Å². The van der Waals surface area contributed by atoms with Crippen LogP contribution in [0.15, 0.2) is 48.8 Å². The van der Waals surface area contributed by atoms with Gasteiger partial charge < -0.3 is 29.0 Å². The van der Waals surface area contributed by atoms with Crippen molar-refractivity contribution in [1.82, 2.24) is 9.78 Å². The number of aryl methyl sites for hydroxylation is 1. The summed E-state index contributed by atoms with van der Waals surface area (Å²) < 4.78 is 24.7. The molecule has 0 fully saturated rings. The maximum atomic E-state index is 14.3. The number of ether oxygens (including phenoxy) is 4. The average Bonchev–Trinajstić information content (AvgIpc) is 3.40. The van der Waals surface area contributed by atoms with Gasteiger partial charge in [-0.2, -0.15) is 5.10 Å². The number of carboxylic acids is 1. The number of hydrogen-bond donors (Lipinski definition) is 1. The molecule has 1 aliphatic heterocycles. The number of benzene rings is 2. The van der Waals surface area contributed by atoms with Gasteiger partial charge in [0.25, 0.3) is 5.91 Å². The van der Waals surface area contributed by atoms with Crippen molar-refractivity contribution in [3.8, 4) is 11.5 Å². The molecule has 2 atom stereocenters. The summed E-state index contributed by atoms with van der Waals surface area (Å²) >= 11 is 6.49. The molecule has 0 saturated heterocycles. The number of methoxy groups -OCH3 is 2. The second kappa shape index (κ2) is 12.8. The highest BCUT2D eigenvalue weighted by molar-refractivity contribution is 6.30. The number of carboxylic acid groups (broad SMARTS) is 1. The lowest BCUT2D eigenvalue weighted by atomic mass is 9.92. The van der Waals surface area contributed by atoms with Crippen molar-refractivity contribution >= 4 is 35.1 Å². The molecule has 0 radical (unpaired) electrons. The van der Waals surface area contributed by atoms with Crippen LogP contribution in [0.4, 0.5) is 5.69 Å². The highest BCUT2D eigenvalue weighted by Crippen LogP contribution is 2.45. The minimum absolute atomic E-state index is 0.0398. The van der Waals surface area contributed by atoms with Gasteiger partial charge in [0.1, 0.15) is 12.2 Å². The zero-order valence-electron chi connectivity index (χ0n) is 24.1. The van der Waals surface area contributed by atoms with E-state index in [2.05, 4.69) is 5.10 Å². The molecule has 3 aromatic rings. The van der Waals surface area contributed by atoms with Crippen LogP contribution in [0.25, 0.3) is 0 Å². The van der Waals surface area contributed by atoms with E-state index in [4.69, 9.17) is 30.5 Å². The molecule has 0 unspecified atom stereocenters. The molecule has 12 heteroatoms. The molecular weight excluding hydrogens is 566 g/mol. The Bertz CT molecular complexity index is 1470. The van der Waals surface area contributed by atoms with Crippen LogP contribution in [-0.2, 0) is 25.6 Å². The van der Waals surface area contributed by atoms with Gasteiger partial charge in [0.15, 0.2) is 11.5 Å². The molecule has 2 heterocycles. The number of hydrogen-bond acceptors (Lipinski definition) is 8. The number of aromatic nitrogens is 2. The molecule has 4 rings (SSSR count). The van der Waals surface area contributed by atoms with Crippen molar-refractivity contribution in [1.29, 1.82) is 0 Å². The predicted octanol–water partition coefficient (Wildman–Crippen LogP) is 4.75. The van der Waals surface area contributed by atoms with Gasteiger partial charge in [0.2, 0.25) is 0 Å². The molecule has 42 heavy (non-hydrogen) atoms. The Kier molecular flexibility index (Phi) is 9.43. The monoisotopic (exact) mass is 599 g/mol. The minimum Gasteiger partial charge on any atom is -0.493 e. The number of halogens is 1. The number of esters is 1. The second-order valence-electron chi connectivity index (χ2n) is 10.7. The van der Waals surface area contributed by atoms with E-state index in [0.29, 0.717) is 33.3 Å². The van der Waals surface area contributed by atoms with Gasteiger partial charge in [0, 0.05) is 59.9 Å². The number of anilines is 1. The lowest BCUT2D eigenvalue weighted by molar-refractivity contribution is -0.143. The van der Waals surface area contributed by atoms with E-state index in [1.54, 1.807) is 29.2 Å². The molecule has 0 bridgehead atoms. The summed E-state index contributed by atoms with van der Waals surface area (Å²) in [6, 6.07) is 10.7. The van der Waals surface area contributed by atoms with Crippen molar-refractivity contribution in [2.75, 3.05) is 32.3 Å². The summed E-state index contributed by atoms with van der Waals surface area (Å²) in [5.74, 6) is -0.884. The van der Waals surface area contributed by atoms with Crippen molar-refractivity contribution in [3.63, 3.8) is 0 Å². The molecule has 1 aromatic heterocycles. The number of nitrogens with zero attached hydrogens (tertiary/aromatic N) is 3. The first-order valence-corrected chi connectivity index (χ1v) is 13.7. The maximum Gasteiger partial charge on any atom is 0.338 e. The number of fused-ring (bicyclic) bond motifs is 1. The number of amides is 1. The van der Waals surface area contributed by atoms with Crippen molar-refractivity contribution in [3.05, 3.63) is 70.5 Å². The van der Waals surface area contributed by atoms with E-state index >= 15 is 0 Å². The fourth-order valence-corrected chi connectivity index (χ4v) is 5.08. The van der Waals surface area contributed by atoms with E-state index in [0.717, 1.165) is 0 Å². The van der Waals surface area contributed by atoms with Gasteiger partial charge in [-0.1, -0.05) is 37.6 Å². The molecule has 2 aromatic carbocycles. The van der Waals surface area contributed by atoms with Crippen LogP contribution in [0, 0.1) is 5.41 Å². The van der Waals surface area contributed by atoms with Crippen molar-refractivity contribution in [2.45, 2.75) is 45.9 Å². The zero-order chi connectivity index (χ0) is 30.6. The number of carbonyl (C=O) groups excluding carboxylic acids is 2. The van der Waals surface area contributed by atoms with Crippen LogP contribution < -0.4 is 14.4 Å². The van der Waals surface area contributed by atoms with E-state index in [1.165, 1.54) is 38.2 Å². The molecule has 1 aliphatic rings. The average molecular weight is 600 g/mol. The van der Waals surface area contributed by atoms with E-state index in [9.17, 15) is 19.5 Å². The molecule has 0 spiro atoms. The van der Waals surface area contributed by atoms with Gasteiger partial charge in [-0.3, -0.25) is 14.3 Å². The molecule has 11 nitrogen and oxygen atoms in total.